The van der Waals surface area contributed by atoms with E-state index in [1.807, 2.05) is 13.0 Å². The van der Waals surface area contributed by atoms with Crippen LogP contribution in [0, 0.1) is 5.82 Å². The van der Waals surface area contributed by atoms with Crippen molar-refractivity contribution in [2.45, 2.75) is 45.7 Å². The fourth-order valence-electron chi connectivity index (χ4n) is 7.32. The zero-order valence-corrected chi connectivity index (χ0v) is 26.5. The van der Waals surface area contributed by atoms with Gasteiger partial charge in [-0.2, -0.15) is 0 Å². The normalized spacial score (nSPS) is 18.6. The van der Waals surface area contributed by atoms with Gasteiger partial charge in [-0.15, -0.1) is 0 Å². The number of nitrogens with zero attached hydrogens (tertiary/aromatic N) is 6. The van der Waals surface area contributed by atoms with Crippen LogP contribution < -0.4 is 11.2 Å². The average molecular weight is 659 g/mol. The molecule has 1 atom stereocenters. The molecule has 0 saturated carbocycles. The molecule has 0 bridgehead atoms. The lowest BCUT2D eigenvalue weighted by molar-refractivity contribution is -0.459. The second-order valence-electron chi connectivity index (χ2n) is 12.6. The first kappa shape index (κ1) is 31.4. The Balaban J connectivity index is 0.996. The standard InChI is InChI=1S/C33H33BF3N7O4/c1-20-16-21(2)43-28(20)18-24-7-6-23(44(24)34(43,36)37)8-10-29(45)40-12-14-41(15-13-40)32(47)26-17-22(5-9-27(26)35)19-42-30-25(4-3-11-38-30)31(46)39-33(42)48/h3-7,9,11,16-17,28H,8,10,12-15,18-19H2,1-2H3,(H,39,46,48). The minimum Gasteiger partial charge on any atom is -0.397 e. The van der Waals surface area contributed by atoms with Gasteiger partial charge in [0.15, 0.2) is 0 Å². The van der Waals surface area contributed by atoms with E-state index in [2.05, 4.69) is 9.97 Å². The van der Waals surface area contributed by atoms with E-state index in [0.717, 1.165) is 16.1 Å². The number of H-pyrrole nitrogens is 1. The van der Waals surface area contributed by atoms with E-state index in [4.69, 9.17) is 0 Å². The molecule has 3 aliphatic rings. The number of aryl methyl sites for hydroxylation is 1. The molecule has 0 aliphatic carbocycles. The Morgan fingerprint density at radius 3 is 2.56 bits per heavy atom. The summed E-state index contributed by atoms with van der Waals surface area (Å²) in [5.41, 5.74) is 1.61. The zero-order valence-electron chi connectivity index (χ0n) is 26.5. The second kappa shape index (κ2) is 11.8. The molecule has 48 heavy (non-hydrogen) atoms. The van der Waals surface area contributed by atoms with Crippen molar-refractivity contribution in [1.29, 1.82) is 0 Å². The van der Waals surface area contributed by atoms with Gasteiger partial charge in [-0.3, -0.25) is 23.9 Å². The van der Waals surface area contributed by atoms with Crippen molar-refractivity contribution in [2.24, 2.45) is 0 Å². The number of piperazine rings is 1. The first-order valence-corrected chi connectivity index (χ1v) is 15.9. The molecule has 1 N–H and O–H groups in total. The molecule has 3 aliphatic heterocycles. The predicted octanol–water partition coefficient (Wildman–Crippen LogP) is 2.57. The maximum atomic E-state index is 15.8. The molecule has 4 aromatic rings. The van der Waals surface area contributed by atoms with Gasteiger partial charge < -0.3 is 27.4 Å². The zero-order chi connectivity index (χ0) is 33.9. The molecule has 1 aromatic carbocycles. The number of hydrogen-bond donors (Lipinski definition) is 1. The fourth-order valence-corrected chi connectivity index (χ4v) is 7.32. The number of aromatic amines is 1. The molecule has 1 unspecified atom stereocenters. The lowest BCUT2D eigenvalue weighted by Gasteiger charge is -2.36. The number of halogens is 3. The van der Waals surface area contributed by atoms with Gasteiger partial charge in [-0.05, 0) is 72.3 Å². The number of benzene rings is 1. The Kier molecular flexibility index (Phi) is 7.71. The molecule has 7 rings (SSSR count). The Morgan fingerprint density at radius 1 is 1.04 bits per heavy atom. The largest absolute Gasteiger partial charge is 0.732 e. The van der Waals surface area contributed by atoms with E-state index in [1.54, 1.807) is 30.0 Å². The van der Waals surface area contributed by atoms with Crippen molar-refractivity contribution in [1.82, 2.24) is 28.8 Å². The molecule has 1 fully saturated rings. The van der Waals surface area contributed by atoms with E-state index < -0.39 is 29.9 Å². The van der Waals surface area contributed by atoms with Crippen molar-refractivity contribution >= 4 is 35.5 Å². The van der Waals surface area contributed by atoms with Gasteiger partial charge in [-0.25, -0.2) is 14.2 Å². The van der Waals surface area contributed by atoms with E-state index in [9.17, 15) is 23.6 Å². The van der Waals surface area contributed by atoms with Crippen LogP contribution in [0.5, 0.6) is 0 Å². The minimum atomic E-state index is -4.05. The summed E-state index contributed by atoms with van der Waals surface area (Å²) in [5.74, 6) is -1.49. The topological polar surface area (TPSA) is 116 Å². The number of hydrogen-bond acceptors (Lipinski definition) is 5. The van der Waals surface area contributed by atoms with Gasteiger partial charge in [0.2, 0.25) is 5.91 Å². The third kappa shape index (κ3) is 5.26. The van der Waals surface area contributed by atoms with Gasteiger partial charge in [-0.1, -0.05) is 6.07 Å². The number of aromatic nitrogens is 4. The van der Waals surface area contributed by atoms with Gasteiger partial charge in [0.1, 0.15) is 23.2 Å². The first-order chi connectivity index (χ1) is 22.9. The highest BCUT2D eigenvalue weighted by Crippen LogP contribution is 2.34. The molecule has 0 spiro atoms. The molecular formula is C33H33BF3N7O4. The number of nitrogens with one attached hydrogen (secondary N) is 1. The first-order valence-electron chi connectivity index (χ1n) is 15.9. The Bertz CT molecular complexity index is 2180. The molecular weight excluding hydrogens is 626 g/mol. The lowest BCUT2D eigenvalue weighted by atomic mass is 9.85. The van der Waals surface area contributed by atoms with Crippen LogP contribution in [0.15, 0.2) is 69.9 Å². The lowest BCUT2D eigenvalue weighted by Crippen LogP contribution is -2.57. The minimum absolute atomic E-state index is 0.0390. The number of allylic oxidation sites excluding steroid dienone is 1. The van der Waals surface area contributed by atoms with Crippen LogP contribution in [0.25, 0.3) is 11.0 Å². The molecule has 11 nitrogen and oxygen atoms in total. The van der Waals surface area contributed by atoms with Crippen LogP contribution in [-0.4, -0.2) is 90.0 Å². The number of fused-ring (bicyclic) bond motifs is 3. The number of rotatable bonds is 6. The molecule has 2 amide bonds. The summed E-state index contributed by atoms with van der Waals surface area (Å²) in [6, 6.07) is 10.1. The van der Waals surface area contributed by atoms with Gasteiger partial charge >= 0.3 is 12.7 Å². The number of pyridine rings is 1. The van der Waals surface area contributed by atoms with Crippen LogP contribution in [0.1, 0.15) is 47.6 Å². The Labute approximate surface area is 272 Å². The monoisotopic (exact) mass is 659 g/mol. The van der Waals surface area contributed by atoms with Crippen LogP contribution in [0.3, 0.4) is 0 Å². The quantitative estimate of drug-likeness (QED) is 0.320. The summed E-state index contributed by atoms with van der Waals surface area (Å²) < 4.78 is 50.0. The summed E-state index contributed by atoms with van der Waals surface area (Å²) in [7, 11) is 0. The summed E-state index contributed by atoms with van der Waals surface area (Å²) in [6.07, 6.45) is 3.93. The number of carbonyl (C=O) groups excluding carboxylic acids is 2. The van der Waals surface area contributed by atoms with E-state index in [0.29, 0.717) is 29.1 Å². The van der Waals surface area contributed by atoms with Crippen LogP contribution in [0.4, 0.5) is 13.0 Å². The van der Waals surface area contributed by atoms with Crippen LogP contribution in [-0.2, 0) is 24.2 Å². The summed E-state index contributed by atoms with van der Waals surface area (Å²) in [6.45, 7) is 0.238. The molecule has 3 aromatic heterocycles. The second-order valence-corrected chi connectivity index (χ2v) is 12.6. The summed E-state index contributed by atoms with van der Waals surface area (Å²) in [4.78, 5) is 60.8. The SMILES string of the molecule is CC1=CC(C)=[N+]2C1Cc1ccc(CCC(=O)N3CCN(C(=O)c4cc(Cn5c(=O)[nH]c(=O)c6cccnc65)ccc4F)CC3)n1[B-]2(F)F. The van der Waals surface area contributed by atoms with Gasteiger partial charge in [0.05, 0.1) is 17.5 Å². The molecule has 15 heteroatoms. The highest BCUT2D eigenvalue weighted by atomic mass is 19.2. The third-order valence-electron chi connectivity index (χ3n) is 9.71. The Morgan fingerprint density at radius 2 is 1.79 bits per heavy atom. The van der Waals surface area contributed by atoms with Crippen molar-refractivity contribution in [3.63, 3.8) is 0 Å². The fraction of sp³-hybridized carbons (Fsp3) is 0.333. The van der Waals surface area contributed by atoms with Crippen LogP contribution >= 0.6 is 0 Å². The highest BCUT2D eigenvalue weighted by molar-refractivity contribution is 6.57. The maximum Gasteiger partial charge on any atom is 0.732 e. The highest BCUT2D eigenvalue weighted by Gasteiger charge is 2.55. The van der Waals surface area contributed by atoms with Crippen molar-refractivity contribution in [3.05, 3.63) is 109 Å². The molecule has 1 saturated heterocycles. The smallest absolute Gasteiger partial charge is 0.397 e. The number of amides is 2. The predicted molar refractivity (Wildman–Crippen MR) is 173 cm³/mol. The molecule has 6 heterocycles. The maximum absolute atomic E-state index is 15.8. The third-order valence-corrected chi connectivity index (χ3v) is 9.71. The average Bonchev–Trinajstić information content (AvgIpc) is 3.62. The van der Waals surface area contributed by atoms with Crippen molar-refractivity contribution in [3.8, 4) is 0 Å². The summed E-state index contributed by atoms with van der Waals surface area (Å²) >= 11 is 0. The van der Waals surface area contributed by atoms with E-state index in [1.165, 1.54) is 38.3 Å². The van der Waals surface area contributed by atoms with Crippen molar-refractivity contribution in [2.75, 3.05) is 26.2 Å². The van der Waals surface area contributed by atoms with E-state index >= 15 is 8.63 Å². The molecule has 248 valence electrons. The van der Waals surface area contributed by atoms with Crippen molar-refractivity contribution < 1.29 is 27.1 Å². The molecule has 0 radical (unpaired) electrons. The van der Waals surface area contributed by atoms with Gasteiger partial charge in [0, 0.05) is 58.2 Å². The van der Waals surface area contributed by atoms with E-state index in [-0.39, 0.29) is 74.1 Å². The number of carbonyl (C=O) groups is 2. The summed E-state index contributed by atoms with van der Waals surface area (Å²) in [5, 5.41) is 0.219. The van der Waals surface area contributed by atoms with Crippen LogP contribution in [0.2, 0.25) is 0 Å². The Hall–Kier alpha value is -5.21. The van der Waals surface area contributed by atoms with Gasteiger partial charge in [0.25, 0.3) is 11.5 Å².